The van der Waals surface area contributed by atoms with Gasteiger partial charge in [0, 0.05) is 25.9 Å². The number of benzene rings is 1. The summed E-state index contributed by atoms with van der Waals surface area (Å²) in [6, 6.07) is 2.99. The summed E-state index contributed by atoms with van der Waals surface area (Å²) in [6.45, 7) is 0.172. The van der Waals surface area contributed by atoms with Crippen LogP contribution in [-0.4, -0.2) is 19.0 Å². The molecular formula is C12H13F5N2. The van der Waals surface area contributed by atoms with E-state index in [-0.39, 0.29) is 31.6 Å². The summed E-state index contributed by atoms with van der Waals surface area (Å²) >= 11 is 0. The fraction of sp³-hybridized carbons (Fsp3) is 0.500. The SMILES string of the molecule is Nc1cc(C(F)(F)F)ccc1N1CCC(F)(F)CC1. The zero-order valence-electron chi connectivity index (χ0n) is 9.97. The standard InChI is InChI=1S/C12H13F5N2/c13-11(14)3-5-19(6-4-11)10-2-1-8(7-9(10)18)12(15,16)17/h1-2,7H,3-6,18H2. The molecule has 1 fully saturated rings. The number of piperidine rings is 1. The first-order chi connectivity index (χ1) is 8.69. The zero-order chi connectivity index (χ0) is 14.3. The molecule has 0 aromatic heterocycles. The third kappa shape index (κ3) is 3.08. The van der Waals surface area contributed by atoms with Crippen LogP contribution in [0.1, 0.15) is 18.4 Å². The summed E-state index contributed by atoms with van der Waals surface area (Å²) in [5.74, 6) is -2.70. The second-order valence-electron chi connectivity index (χ2n) is 4.61. The first-order valence-electron chi connectivity index (χ1n) is 5.78. The maximum Gasteiger partial charge on any atom is 0.416 e. The molecule has 1 heterocycles. The van der Waals surface area contributed by atoms with E-state index in [9.17, 15) is 22.0 Å². The van der Waals surface area contributed by atoms with Crippen molar-refractivity contribution in [1.29, 1.82) is 0 Å². The molecule has 1 aliphatic heterocycles. The van der Waals surface area contributed by atoms with Crippen LogP contribution in [0.25, 0.3) is 0 Å². The van der Waals surface area contributed by atoms with Crippen LogP contribution < -0.4 is 10.6 Å². The van der Waals surface area contributed by atoms with Crippen molar-refractivity contribution < 1.29 is 22.0 Å². The number of hydrogen-bond acceptors (Lipinski definition) is 2. The topological polar surface area (TPSA) is 29.3 Å². The Morgan fingerprint density at radius 1 is 1.11 bits per heavy atom. The molecule has 7 heteroatoms. The lowest BCUT2D eigenvalue weighted by Crippen LogP contribution is -2.39. The van der Waals surface area contributed by atoms with E-state index in [1.807, 2.05) is 0 Å². The van der Waals surface area contributed by atoms with Crippen LogP contribution in [0, 0.1) is 0 Å². The van der Waals surface area contributed by atoms with Gasteiger partial charge in [0.25, 0.3) is 5.92 Å². The molecule has 0 spiro atoms. The highest BCUT2D eigenvalue weighted by Gasteiger charge is 2.35. The van der Waals surface area contributed by atoms with Crippen LogP contribution in [0.3, 0.4) is 0 Å². The molecule has 2 nitrogen and oxygen atoms in total. The Morgan fingerprint density at radius 2 is 1.68 bits per heavy atom. The number of hydrogen-bond donors (Lipinski definition) is 1. The van der Waals surface area contributed by atoms with Crippen LogP contribution in [0.15, 0.2) is 18.2 Å². The minimum absolute atomic E-state index is 0.0416. The van der Waals surface area contributed by atoms with Gasteiger partial charge >= 0.3 is 6.18 Å². The molecule has 19 heavy (non-hydrogen) atoms. The van der Waals surface area contributed by atoms with Crippen molar-refractivity contribution in [2.45, 2.75) is 24.9 Å². The Balaban J connectivity index is 2.19. The summed E-state index contributed by atoms with van der Waals surface area (Å²) < 4.78 is 63.4. The van der Waals surface area contributed by atoms with Crippen molar-refractivity contribution in [1.82, 2.24) is 0 Å². The van der Waals surface area contributed by atoms with Gasteiger partial charge in [-0.2, -0.15) is 13.2 Å². The maximum absolute atomic E-state index is 13.0. The summed E-state index contributed by atoms with van der Waals surface area (Å²) in [7, 11) is 0. The van der Waals surface area contributed by atoms with E-state index in [0.717, 1.165) is 12.1 Å². The third-order valence-electron chi connectivity index (χ3n) is 3.19. The van der Waals surface area contributed by atoms with E-state index < -0.39 is 17.7 Å². The van der Waals surface area contributed by atoms with Crippen molar-refractivity contribution in [2.24, 2.45) is 0 Å². The first kappa shape index (κ1) is 13.9. The van der Waals surface area contributed by atoms with Gasteiger partial charge < -0.3 is 10.6 Å². The molecule has 0 radical (unpaired) electrons. The van der Waals surface area contributed by atoms with Gasteiger partial charge in [0.15, 0.2) is 0 Å². The van der Waals surface area contributed by atoms with E-state index in [1.165, 1.54) is 6.07 Å². The molecule has 0 bridgehead atoms. The van der Waals surface area contributed by atoms with Crippen LogP contribution in [-0.2, 0) is 6.18 Å². The van der Waals surface area contributed by atoms with Crippen LogP contribution in [0.5, 0.6) is 0 Å². The monoisotopic (exact) mass is 280 g/mol. The largest absolute Gasteiger partial charge is 0.416 e. The Morgan fingerprint density at radius 3 is 2.16 bits per heavy atom. The fourth-order valence-corrected chi connectivity index (χ4v) is 2.09. The maximum atomic E-state index is 13.0. The molecular weight excluding hydrogens is 267 g/mol. The van der Waals surface area contributed by atoms with Gasteiger partial charge in [-0.05, 0) is 18.2 Å². The van der Waals surface area contributed by atoms with E-state index in [0.29, 0.717) is 5.69 Å². The first-order valence-corrected chi connectivity index (χ1v) is 5.78. The summed E-state index contributed by atoms with van der Waals surface area (Å²) in [5, 5.41) is 0. The molecule has 0 unspecified atom stereocenters. The number of anilines is 2. The normalized spacial score (nSPS) is 19.5. The minimum atomic E-state index is -4.46. The molecule has 1 aliphatic rings. The van der Waals surface area contributed by atoms with Crippen LogP contribution in [0.4, 0.5) is 33.3 Å². The molecule has 0 saturated carbocycles. The van der Waals surface area contributed by atoms with Crippen molar-refractivity contribution >= 4 is 11.4 Å². The number of nitrogens with zero attached hydrogens (tertiary/aromatic N) is 1. The van der Waals surface area contributed by atoms with Crippen molar-refractivity contribution in [2.75, 3.05) is 23.7 Å². The second-order valence-corrected chi connectivity index (χ2v) is 4.61. The fourth-order valence-electron chi connectivity index (χ4n) is 2.09. The van der Waals surface area contributed by atoms with Crippen LogP contribution >= 0.6 is 0 Å². The van der Waals surface area contributed by atoms with Gasteiger partial charge in [0.1, 0.15) is 0 Å². The predicted octanol–water partition coefficient (Wildman–Crippen LogP) is 3.52. The molecule has 0 aliphatic carbocycles. The lowest BCUT2D eigenvalue weighted by Gasteiger charge is -2.34. The lowest BCUT2D eigenvalue weighted by atomic mass is 10.0. The van der Waals surface area contributed by atoms with Gasteiger partial charge in [-0.3, -0.25) is 0 Å². The summed E-state index contributed by atoms with van der Waals surface area (Å²) in [4.78, 5) is 1.59. The Hall–Kier alpha value is -1.53. The van der Waals surface area contributed by atoms with E-state index in [4.69, 9.17) is 5.73 Å². The van der Waals surface area contributed by atoms with Crippen molar-refractivity contribution in [3.8, 4) is 0 Å². The summed E-state index contributed by atoms with van der Waals surface area (Å²) in [6.07, 6.45) is -5.08. The lowest BCUT2D eigenvalue weighted by molar-refractivity contribution is -0.137. The summed E-state index contributed by atoms with van der Waals surface area (Å²) in [5.41, 5.74) is 5.09. The molecule has 106 valence electrons. The van der Waals surface area contributed by atoms with E-state index >= 15 is 0 Å². The van der Waals surface area contributed by atoms with Gasteiger partial charge in [0.2, 0.25) is 0 Å². The number of nitrogens with two attached hydrogens (primary N) is 1. The molecule has 0 amide bonds. The van der Waals surface area contributed by atoms with Crippen molar-refractivity contribution in [3.63, 3.8) is 0 Å². The molecule has 0 atom stereocenters. The Labute approximate surface area is 107 Å². The molecule has 2 N–H and O–H groups in total. The molecule has 2 rings (SSSR count). The molecule has 1 aromatic carbocycles. The Kier molecular flexibility index (Phi) is 3.32. The smallest absolute Gasteiger partial charge is 0.397 e. The quantitative estimate of drug-likeness (QED) is 0.630. The highest BCUT2D eigenvalue weighted by atomic mass is 19.4. The van der Waals surface area contributed by atoms with Gasteiger partial charge in [0.05, 0.1) is 16.9 Å². The number of alkyl halides is 5. The van der Waals surface area contributed by atoms with Gasteiger partial charge in [-0.15, -0.1) is 0 Å². The predicted molar refractivity (Wildman–Crippen MR) is 62.3 cm³/mol. The second kappa shape index (κ2) is 4.54. The zero-order valence-corrected chi connectivity index (χ0v) is 9.97. The molecule has 1 saturated heterocycles. The van der Waals surface area contributed by atoms with Crippen molar-refractivity contribution in [3.05, 3.63) is 23.8 Å². The van der Waals surface area contributed by atoms with E-state index in [2.05, 4.69) is 0 Å². The molecule has 1 aromatic rings. The minimum Gasteiger partial charge on any atom is -0.397 e. The van der Waals surface area contributed by atoms with Gasteiger partial charge in [-0.25, -0.2) is 8.78 Å². The average molecular weight is 280 g/mol. The van der Waals surface area contributed by atoms with Crippen LogP contribution in [0.2, 0.25) is 0 Å². The third-order valence-corrected chi connectivity index (χ3v) is 3.19. The van der Waals surface area contributed by atoms with Gasteiger partial charge in [-0.1, -0.05) is 0 Å². The number of halogens is 5. The highest BCUT2D eigenvalue weighted by Crippen LogP contribution is 2.36. The number of nitrogen functional groups attached to an aromatic ring is 1. The number of rotatable bonds is 1. The van der Waals surface area contributed by atoms with E-state index in [1.54, 1.807) is 4.90 Å². The average Bonchev–Trinajstić information content (AvgIpc) is 2.28. The Bertz CT molecular complexity index is 460. The highest BCUT2D eigenvalue weighted by molar-refractivity contribution is 5.69.